The Morgan fingerprint density at radius 2 is 1.84 bits per heavy atom. The number of hydrogen-bond donors (Lipinski definition) is 0. The van der Waals surface area contributed by atoms with Gasteiger partial charge in [-0.3, -0.25) is 4.79 Å². The van der Waals surface area contributed by atoms with Gasteiger partial charge in [0.25, 0.3) is 0 Å². The van der Waals surface area contributed by atoms with Gasteiger partial charge >= 0.3 is 0 Å². The van der Waals surface area contributed by atoms with Crippen LogP contribution in [0.3, 0.4) is 0 Å². The van der Waals surface area contributed by atoms with E-state index in [0.717, 1.165) is 89.3 Å². The maximum absolute atomic E-state index is 12.9. The standard InChI is InChI=1S/C30H37N5O2/c1-2-22-19-32-30(33-20-22)34-16-13-23(14-17-34)21-37-28-11-9-25(10-12-28)24-5-7-26(8-6-24)29(36)35-15-3-4-27(35)18-31/h5,9-12,19-20,23,26-27H,2-4,6-8,13-17,21H2,1H3. The molecule has 3 aliphatic rings. The number of aryl methyl sites for hydroxylation is 1. The molecular formula is C30H37N5O2. The highest BCUT2D eigenvalue weighted by molar-refractivity contribution is 5.81. The zero-order valence-corrected chi connectivity index (χ0v) is 21.8. The summed E-state index contributed by atoms with van der Waals surface area (Å²) in [4.78, 5) is 26.0. The molecule has 1 aliphatic carbocycles. The van der Waals surface area contributed by atoms with Gasteiger partial charge < -0.3 is 14.5 Å². The Morgan fingerprint density at radius 1 is 1.08 bits per heavy atom. The number of hydrogen-bond acceptors (Lipinski definition) is 6. The third-order valence-electron chi connectivity index (χ3n) is 8.15. The van der Waals surface area contributed by atoms with Crippen LogP contribution in [0.2, 0.25) is 0 Å². The second kappa shape index (κ2) is 11.8. The summed E-state index contributed by atoms with van der Waals surface area (Å²) < 4.78 is 6.14. The number of piperidine rings is 1. The number of amides is 1. The molecule has 0 bridgehead atoms. The van der Waals surface area contributed by atoms with Crippen LogP contribution < -0.4 is 9.64 Å². The number of rotatable bonds is 7. The lowest BCUT2D eigenvalue weighted by Crippen LogP contribution is -2.39. The van der Waals surface area contributed by atoms with Crippen molar-refractivity contribution in [1.82, 2.24) is 14.9 Å². The van der Waals surface area contributed by atoms with Crippen molar-refractivity contribution in [2.45, 2.75) is 64.3 Å². The Labute approximate surface area is 220 Å². The third-order valence-corrected chi connectivity index (χ3v) is 8.15. The van der Waals surface area contributed by atoms with Gasteiger partial charge in [-0.25, -0.2) is 9.97 Å². The molecule has 194 valence electrons. The lowest BCUT2D eigenvalue weighted by atomic mass is 9.85. The van der Waals surface area contributed by atoms with E-state index in [-0.39, 0.29) is 17.9 Å². The Kier molecular flexibility index (Phi) is 8.03. The van der Waals surface area contributed by atoms with Crippen LogP contribution >= 0.6 is 0 Å². The van der Waals surface area contributed by atoms with Gasteiger partial charge in [0.2, 0.25) is 11.9 Å². The molecule has 2 saturated heterocycles. The lowest BCUT2D eigenvalue weighted by molar-refractivity contribution is -0.135. The second-order valence-corrected chi connectivity index (χ2v) is 10.5. The van der Waals surface area contributed by atoms with E-state index >= 15 is 0 Å². The second-order valence-electron chi connectivity index (χ2n) is 10.5. The van der Waals surface area contributed by atoms with Gasteiger partial charge in [-0.05, 0) is 86.1 Å². The molecular weight excluding hydrogens is 462 g/mol. The Morgan fingerprint density at radius 3 is 2.49 bits per heavy atom. The van der Waals surface area contributed by atoms with Crippen LogP contribution in [0.1, 0.15) is 63.0 Å². The summed E-state index contributed by atoms with van der Waals surface area (Å²) in [6.45, 7) is 5.50. The van der Waals surface area contributed by atoms with E-state index in [4.69, 9.17) is 4.74 Å². The van der Waals surface area contributed by atoms with Gasteiger partial charge in [-0.1, -0.05) is 25.1 Å². The monoisotopic (exact) mass is 499 g/mol. The van der Waals surface area contributed by atoms with Crippen LogP contribution in [-0.2, 0) is 11.2 Å². The van der Waals surface area contributed by atoms with Crippen molar-refractivity contribution < 1.29 is 9.53 Å². The summed E-state index contributed by atoms with van der Waals surface area (Å²) in [5.41, 5.74) is 3.68. The van der Waals surface area contributed by atoms with Crippen molar-refractivity contribution in [3.05, 3.63) is 53.9 Å². The van der Waals surface area contributed by atoms with Crippen LogP contribution in [-0.4, -0.2) is 53.1 Å². The zero-order valence-electron chi connectivity index (χ0n) is 21.8. The SMILES string of the molecule is CCc1cnc(N2CCC(COc3ccc(C4=CCC(C(=O)N5CCCC5C#N)CC4)cc3)CC2)nc1. The summed E-state index contributed by atoms with van der Waals surface area (Å²) in [6, 6.07) is 10.5. The molecule has 0 N–H and O–H groups in total. The van der Waals surface area contributed by atoms with Crippen LogP contribution in [0.4, 0.5) is 5.95 Å². The van der Waals surface area contributed by atoms with Gasteiger partial charge in [0.1, 0.15) is 11.8 Å². The molecule has 2 unspecified atom stereocenters. The minimum Gasteiger partial charge on any atom is -0.493 e. The van der Waals surface area contributed by atoms with Crippen LogP contribution in [0.25, 0.3) is 5.57 Å². The minimum atomic E-state index is -0.232. The average Bonchev–Trinajstić information content (AvgIpc) is 3.45. The van der Waals surface area contributed by atoms with Gasteiger partial charge in [0, 0.05) is 37.9 Å². The van der Waals surface area contributed by atoms with Crippen LogP contribution in [0.5, 0.6) is 5.75 Å². The lowest BCUT2D eigenvalue weighted by Gasteiger charge is -2.31. The molecule has 5 rings (SSSR count). The molecule has 2 aliphatic heterocycles. The maximum atomic E-state index is 12.9. The third kappa shape index (κ3) is 5.95. The minimum absolute atomic E-state index is 0.00832. The van der Waals surface area contributed by atoms with Gasteiger partial charge in [0.15, 0.2) is 0 Å². The average molecular weight is 500 g/mol. The van der Waals surface area contributed by atoms with Gasteiger partial charge in [0.05, 0.1) is 12.7 Å². The molecule has 7 heteroatoms. The highest BCUT2D eigenvalue weighted by Crippen LogP contribution is 2.33. The molecule has 37 heavy (non-hydrogen) atoms. The van der Waals surface area contributed by atoms with Crippen LogP contribution in [0.15, 0.2) is 42.7 Å². The van der Waals surface area contributed by atoms with Crippen molar-refractivity contribution in [2.75, 3.05) is 31.1 Å². The quantitative estimate of drug-likeness (QED) is 0.531. The van der Waals surface area contributed by atoms with E-state index in [1.54, 1.807) is 4.90 Å². The van der Waals surface area contributed by atoms with E-state index in [9.17, 15) is 10.1 Å². The number of nitriles is 1. The normalized spacial score (nSPS) is 22.4. The van der Waals surface area contributed by atoms with E-state index < -0.39 is 0 Å². The number of aromatic nitrogens is 2. The van der Waals surface area contributed by atoms with Gasteiger partial charge in [-0.15, -0.1) is 0 Å². The fraction of sp³-hybridized carbons (Fsp3) is 0.533. The van der Waals surface area contributed by atoms with E-state index in [0.29, 0.717) is 5.92 Å². The Balaban J connectivity index is 1.07. The molecule has 1 aromatic carbocycles. The molecule has 7 nitrogen and oxygen atoms in total. The summed E-state index contributed by atoms with van der Waals surface area (Å²) in [7, 11) is 0. The summed E-state index contributed by atoms with van der Waals surface area (Å²) in [5, 5.41) is 9.30. The topological polar surface area (TPSA) is 82.4 Å². The van der Waals surface area contributed by atoms with Gasteiger partial charge in [-0.2, -0.15) is 5.26 Å². The number of anilines is 1. The molecule has 0 radical (unpaired) electrons. The van der Waals surface area contributed by atoms with E-state index in [1.807, 2.05) is 12.4 Å². The first-order valence-electron chi connectivity index (χ1n) is 13.8. The molecule has 2 fully saturated rings. The summed E-state index contributed by atoms with van der Waals surface area (Å²) in [6.07, 6.45) is 13.5. The Bertz CT molecular complexity index is 1130. The summed E-state index contributed by atoms with van der Waals surface area (Å²) in [5.74, 6) is 2.45. The number of carbonyl (C=O) groups excluding carboxylic acids is 1. The summed E-state index contributed by atoms with van der Waals surface area (Å²) >= 11 is 0. The fourth-order valence-electron chi connectivity index (χ4n) is 5.69. The predicted molar refractivity (Wildman–Crippen MR) is 144 cm³/mol. The first-order valence-corrected chi connectivity index (χ1v) is 13.8. The molecule has 0 saturated carbocycles. The number of nitrogens with zero attached hydrogens (tertiary/aromatic N) is 5. The first-order chi connectivity index (χ1) is 18.1. The highest BCUT2D eigenvalue weighted by atomic mass is 16.5. The molecule has 1 amide bonds. The predicted octanol–water partition coefficient (Wildman–Crippen LogP) is 5.03. The Hall–Kier alpha value is -3.40. The van der Waals surface area contributed by atoms with Crippen molar-refractivity contribution in [2.24, 2.45) is 11.8 Å². The number of likely N-dealkylation sites (tertiary alicyclic amines) is 1. The van der Waals surface area contributed by atoms with E-state index in [1.165, 1.54) is 16.7 Å². The zero-order chi connectivity index (χ0) is 25.6. The first kappa shape index (κ1) is 25.3. The van der Waals surface area contributed by atoms with Crippen LogP contribution in [0, 0.1) is 23.2 Å². The van der Waals surface area contributed by atoms with Crippen molar-refractivity contribution in [3.63, 3.8) is 0 Å². The largest absolute Gasteiger partial charge is 0.493 e. The molecule has 2 aromatic rings. The number of ether oxygens (including phenoxy) is 1. The molecule has 0 spiro atoms. The smallest absolute Gasteiger partial charge is 0.227 e. The fourth-order valence-corrected chi connectivity index (χ4v) is 5.69. The number of allylic oxidation sites excluding steroid dienone is 2. The molecule has 3 heterocycles. The highest BCUT2D eigenvalue weighted by Gasteiger charge is 2.33. The van der Waals surface area contributed by atoms with Crippen molar-refractivity contribution in [3.8, 4) is 11.8 Å². The van der Waals surface area contributed by atoms with E-state index in [2.05, 4.69) is 58.2 Å². The molecule has 2 atom stereocenters. The molecule has 1 aromatic heterocycles. The van der Waals surface area contributed by atoms with Crippen molar-refractivity contribution in [1.29, 1.82) is 5.26 Å². The maximum Gasteiger partial charge on any atom is 0.227 e. The number of carbonyl (C=O) groups is 1. The van der Waals surface area contributed by atoms with Crippen molar-refractivity contribution >= 4 is 17.4 Å². The number of benzene rings is 1.